The van der Waals surface area contributed by atoms with Crippen LogP contribution >= 0.6 is 31.9 Å². The lowest BCUT2D eigenvalue weighted by Gasteiger charge is -1.92. The molecule has 0 radical (unpaired) electrons. The molecule has 38 heavy (non-hydrogen) atoms. The summed E-state index contributed by atoms with van der Waals surface area (Å²) >= 11 is 6.65. The van der Waals surface area contributed by atoms with Crippen molar-refractivity contribution in [3.8, 4) is 36.0 Å². The maximum absolute atomic E-state index is 5.10. The van der Waals surface area contributed by atoms with Crippen molar-refractivity contribution >= 4 is 31.9 Å². The fraction of sp³-hybridized carbons (Fsp3) is 0. The van der Waals surface area contributed by atoms with Crippen LogP contribution in [-0.2, 0) is 0 Å². The van der Waals surface area contributed by atoms with Crippen LogP contribution in [0.5, 0.6) is 0 Å². The SMILES string of the molecule is Brc1ccc(Br)cc1.C#Cc1ccccc1.C(#Cc1ccc(C#Cc2ccccc2)cc1)c1ccccc1. The van der Waals surface area contributed by atoms with Gasteiger partial charge in [-0.2, -0.15) is 0 Å². The lowest BCUT2D eigenvalue weighted by Crippen LogP contribution is -1.78. The van der Waals surface area contributed by atoms with E-state index in [1.54, 1.807) is 0 Å². The van der Waals surface area contributed by atoms with Gasteiger partial charge in [0.05, 0.1) is 0 Å². The molecule has 0 aromatic heterocycles. The van der Waals surface area contributed by atoms with E-state index in [4.69, 9.17) is 6.42 Å². The van der Waals surface area contributed by atoms with Crippen LogP contribution in [0.2, 0.25) is 0 Å². The summed E-state index contributed by atoms with van der Waals surface area (Å²) in [5, 5.41) is 0. The Kier molecular flexibility index (Phi) is 12.3. The number of hydrogen-bond donors (Lipinski definition) is 0. The molecule has 0 saturated heterocycles. The van der Waals surface area contributed by atoms with Crippen molar-refractivity contribution in [1.29, 1.82) is 0 Å². The molecule has 0 N–H and O–H groups in total. The third-order valence-electron chi connectivity index (χ3n) is 4.88. The zero-order valence-electron chi connectivity index (χ0n) is 20.6. The Labute approximate surface area is 243 Å². The van der Waals surface area contributed by atoms with Crippen LogP contribution < -0.4 is 0 Å². The second-order valence-corrected chi connectivity index (χ2v) is 9.59. The first kappa shape index (κ1) is 28.3. The number of halogens is 2. The highest BCUT2D eigenvalue weighted by Crippen LogP contribution is 2.14. The Morgan fingerprint density at radius 2 is 0.605 bits per heavy atom. The van der Waals surface area contributed by atoms with Crippen molar-refractivity contribution in [3.63, 3.8) is 0 Å². The van der Waals surface area contributed by atoms with E-state index >= 15 is 0 Å². The smallest absolute Gasteiger partial charge is 0.0249 e. The van der Waals surface area contributed by atoms with Crippen LogP contribution in [0.4, 0.5) is 0 Å². The Balaban J connectivity index is 0.000000203. The van der Waals surface area contributed by atoms with Crippen LogP contribution in [0, 0.1) is 36.0 Å². The topological polar surface area (TPSA) is 0 Å². The predicted octanol–water partition coefficient (Wildman–Crippen LogP) is 9.37. The zero-order chi connectivity index (χ0) is 26.8. The van der Waals surface area contributed by atoms with Gasteiger partial charge in [-0.15, -0.1) is 6.42 Å². The van der Waals surface area contributed by atoms with Gasteiger partial charge >= 0.3 is 0 Å². The largest absolute Gasteiger partial charge is 0.115 e. The lowest BCUT2D eigenvalue weighted by atomic mass is 10.1. The van der Waals surface area contributed by atoms with E-state index in [2.05, 4.69) is 61.5 Å². The summed E-state index contributed by atoms with van der Waals surface area (Å²) in [6, 6.07) is 45.6. The Morgan fingerprint density at radius 3 is 0.868 bits per heavy atom. The Morgan fingerprint density at radius 1 is 0.342 bits per heavy atom. The van der Waals surface area contributed by atoms with Gasteiger partial charge < -0.3 is 0 Å². The fourth-order valence-corrected chi connectivity index (χ4v) is 3.46. The van der Waals surface area contributed by atoms with Gasteiger partial charge in [-0.3, -0.25) is 0 Å². The lowest BCUT2D eigenvalue weighted by molar-refractivity contribution is 1.59. The first-order valence-corrected chi connectivity index (χ1v) is 13.4. The normalized spacial score (nSPS) is 8.87. The molecule has 0 aliphatic carbocycles. The molecule has 5 aromatic carbocycles. The van der Waals surface area contributed by atoms with Crippen molar-refractivity contribution in [2.75, 3.05) is 0 Å². The molecule has 0 fully saturated rings. The van der Waals surface area contributed by atoms with Crippen LogP contribution in [0.15, 0.2) is 148 Å². The first-order chi connectivity index (χ1) is 18.6. The van der Waals surface area contributed by atoms with Crippen LogP contribution in [0.25, 0.3) is 0 Å². The van der Waals surface area contributed by atoms with E-state index in [0.29, 0.717) is 0 Å². The third kappa shape index (κ3) is 11.2. The van der Waals surface area contributed by atoms with Gasteiger partial charge in [0, 0.05) is 36.8 Å². The van der Waals surface area contributed by atoms with Gasteiger partial charge in [-0.1, -0.05) is 116 Å². The van der Waals surface area contributed by atoms with Gasteiger partial charge in [0.15, 0.2) is 0 Å². The molecule has 0 nitrogen and oxygen atoms in total. The average molecular weight is 616 g/mol. The molecule has 0 aliphatic heterocycles. The zero-order valence-corrected chi connectivity index (χ0v) is 23.8. The predicted molar refractivity (Wildman–Crippen MR) is 168 cm³/mol. The minimum Gasteiger partial charge on any atom is -0.115 e. The van der Waals surface area contributed by atoms with E-state index in [0.717, 1.165) is 36.8 Å². The molecule has 0 atom stereocenters. The standard InChI is InChI=1S/C22H14.C8H6.C6H4Br2/c1-3-7-19(8-4-1)11-13-21-15-17-22(18-16-21)14-12-20-9-5-2-6-10-20;1-2-8-6-4-3-5-7-8;7-5-1-2-6(8)4-3-5/h1-10,15-18H;1,3-7H;1-4H. The summed E-state index contributed by atoms with van der Waals surface area (Å²) in [7, 11) is 0. The molecule has 0 heterocycles. The van der Waals surface area contributed by atoms with E-state index in [9.17, 15) is 0 Å². The van der Waals surface area contributed by atoms with Gasteiger partial charge in [0.25, 0.3) is 0 Å². The van der Waals surface area contributed by atoms with Crippen molar-refractivity contribution in [2.24, 2.45) is 0 Å². The molecule has 182 valence electrons. The molecule has 0 spiro atoms. The average Bonchev–Trinajstić information content (AvgIpc) is 2.99. The molecule has 0 amide bonds. The van der Waals surface area contributed by atoms with Crippen molar-refractivity contribution in [2.45, 2.75) is 0 Å². The second-order valence-electron chi connectivity index (χ2n) is 7.76. The Bertz CT molecular complexity index is 1440. The van der Waals surface area contributed by atoms with Crippen molar-refractivity contribution < 1.29 is 0 Å². The minimum atomic E-state index is 0.938. The fourth-order valence-electron chi connectivity index (χ4n) is 2.93. The molecule has 5 aromatic rings. The molecule has 0 aliphatic rings. The molecule has 2 heteroatoms. The molecular formula is C36H24Br2. The van der Waals surface area contributed by atoms with Crippen molar-refractivity contribution in [3.05, 3.63) is 176 Å². The second kappa shape index (κ2) is 16.5. The highest BCUT2D eigenvalue weighted by Gasteiger charge is 1.90. The van der Waals surface area contributed by atoms with E-state index in [-0.39, 0.29) is 0 Å². The quantitative estimate of drug-likeness (QED) is 0.152. The summed E-state index contributed by atoms with van der Waals surface area (Å²) in [5.74, 6) is 15.2. The first-order valence-electron chi connectivity index (χ1n) is 11.8. The summed E-state index contributed by atoms with van der Waals surface area (Å²) in [6.07, 6.45) is 5.10. The van der Waals surface area contributed by atoms with Gasteiger partial charge in [-0.25, -0.2) is 0 Å². The van der Waals surface area contributed by atoms with Gasteiger partial charge in [0.2, 0.25) is 0 Å². The number of terminal acetylenes is 1. The summed E-state index contributed by atoms with van der Waals surface area (Å²) in [6.45, 7) is 0. The monoisotopic (exact) mass is 614 g/mol. The van der Waals surface area contributed by atoms with Gasteiger partial charge in [-0.05, 0) is 84.9 Å². The molecule has 0 bridgehead atoms. The van der Waals surface area contributed by atoms with E-state index in [1.165, 1.54) is 0 Å². The summed E-state index contributed by atoms with van der Waals surface area (Å²) < 4.78 is 2.22. The number of rotatable bonds is 0. The third-order valence-corrected chi connectivity index (χ3v) is 5.94. The van der Waals surface area contributed by atoms with E-state index in [1.807, 2.05) is 140 Å². The maximum Gasteiger partial charge on any atom is 0.0249 e. The number of hydrogen-bond acceptors (Lipinski definition) is 0. The van der Waals surface area contributed by atoms with Gasteiger partial charge in [0.1, 0.15) is 0 Å². The number of benzene rings is 5. The Hall–Kier alpha value is -4.26. The molecule has 0 saturated carbocycles. The summed E-state index contributed by atoms with van der Waals surface area (Å²) in [5.41, 5.74) is 4.97. The summed E-state index contributed by atoms with van der Waals surface area (Å²) in [4.78, 5) is 0. The van der Waals surface area contributed by atoms with Crippen LogP contribution in [-0.4, -0.2) is 0 Å². The molecular weight excluding hydrogens is 592 g/mol. The maximum atomic E-state index is 5.10. The molecule has 0 unspecified atom stereocenters. The van der Waals surface area contributed by atoms with Crippen molar-refractivity contribution in [1.82, 2.24) is 0 Å². The van der Waals surface area contributed by atoms with Crippen LogP contribution in [0.3, 0.4) is 0 Å². The van der Waals surface area contributed by atoms with E-state index < -0.39 is 0 Å². The highest BCUT2D eigenvalue weighted by atomic mass is 79.9. The highest BCUT2D eigenvalue weighted by molar-refractivity contribution is 9.11. The molecule has 5 rings (SSSR count). The minimum absolute atomic E-state index is 0.938. The van der Waals surface area contributed by atoms with Crippen LogP contribution in [0.1, 0.15) is 27.8 Å².